The average molecular weight is 214 g/mol. The van der Waals surface area contributed by atoms with Crippen LogP contribution in [-0.4, -0.2) is 16.2 Å². The molecule has 0 bridgehead atoms. The molecule has 82 valence electrons. The lowest BCUT2D eigenvalue weighted by Gasteiger charge is -2.13. The molecule has 0 aromatic carbocycles. The highest BCUT2D eigenvalue weighted by atomic mass is 15.2. The van der Waals surface area contributed by atoms with Gasteiger partial charge in [0.25, 0.3) is 0 Å². The van der Waals surface area contributed by atoms with Gasteiger partial charge in [0.1, 0.15) is 11.6 Å². The van der Waals surface area contributed by atoms with E-state index in [0.717, 1.165) is 11.3 Å². The van der Waals surface area contributed by atoms with Crippen molar-refractivity contribution >= 4 is 5.82 Å². The van der Waals surface area contributed by atoms with Crippen molar-refractivity contribution in [2.75, 3.05) is 5.32 Å². The fourth-order valence-electron chi connectivity index (χ4n) is 1.31. The van der Waals surface area contributed by atoms with Crippen LogP contribution in [0.3, 0.4) is 0 Å². The van der Waals surface area contributed by atoms with E-state index in [1.165, 1.54) is 0 Å². The maximum absolute atomic E-state index is 9.07. The van der Waals surface area contributed by atoms with E-state index in [2.05, 4.69) is 27.5 Å². The summed E-state index contributed by atoms with van der Waals surface area (Å²) in [5.74, 6) is 3.07. The summed E-state index contributed by atoms with van der Waals surface area (Å²) in [5.41, 5.74) is 2.16. The summed E-state index contributed by atoms with van der Waals surface area (Å²) >= 11 is 0. The normalized spacial score (nSPS) is 11.3. The van der Waals surface area contributed by atoms with Crippen molar-refractivity contribution < 1.29 is 0 Å². The number of nitrogens with zero attached hydrogens (tertiary/aromatic N) is 3. The number of nitriles is 1. The van der Waals surface area contributed by atoms with E-state index < -0.39 is 0 Å². The Bertz CT molecular complexity index is 465. The van der Waals surface area contributed by atoms with Crippen molar-refractivity contribution in [3.63, 3.8) is 0 Å². The van der Waals surface area contributed by atoms with Crippen molar-refractivity contribution in [3.8, 4) is 18.4 Å². The van der Waals surface area contributed by atoms with Crippen LogP contribution < -0.4 is 5.32 Å². The molecule has 16 heavy (non-hydrogen) atoms. The lowest BCUT2D eigenvalue weighted by molar-refractivity contribution is 0.808. The summed E-state index contributed by atoms with van der Waals surface area (Å²) in [6.45, 7) is 5.63. The molecule has 0 aliphatic rings. The first-order valence-electron chi connectivity index (χ1n) is 5.04. The summed E-state index contributed by atoms with van der Waals surface area (Å²) in [7, 11) is 0. The van der Waals surface area contributed by atoms with Gasteiger partial charge in [0.2, 0.25) is 0 Å². The number of anilines is 1. The molecule has 0 saturated heterocycles. The van der Waals surface area contributed by atoms with E-state index in [1.54, 1.807) is 0 Å². The minimum Gasteiger partial charge on any atom is -0.364 e. The van der Waals surface area contributed by atoms with Gasteiger partial charge in [0, 0.05) is 12.5 Å². The molecule has 1 rings (SSSR count). The standard InChI is InChI=1S/C12H14N4/c1-5-6-8(2)14-12-11(7-13)9(3)10(4)15-16-12/h1,8H,6H2,2-4H3,(H,14,16). The number of nitrogens with one attached hydrogen (secondary N) is 1. The second-order valence-corrected chi connectivity index (χ2v) is 3.70. The van der Waals surface area contributed by atoms with Crippen LogP contribution in [-0.2, 0) is 0 Å². The predicted molar refractivity (Wildman–Crippen MR) is 62.8 cm³/mol. The lowest BCUT2D eigenvalue weighted by atomic mass is 10.1. The molecule has 0 saturated carbocycles. The molecule has 1 aromatic rings. The van der Waals surface area contributed by atoms with Crippen molar-refractivity contribution in [3.05, 3.63) is 16.8 Å². The molecule has 0 aliphatic carbocycles. The maximum atomic E-state index is 9.07. The third-order valence-corrected chi connectivity index (χ3v) is 2.37. The van der Waals surface area contributed by atoms with E-state index >= 15 is 0 Å². The van der Waals surface area contributed by atoms with Crippen molar-refractivity contribution in [2.24, 2.45) is 0 Å². The van der Waals surface area contributed by atoms with Gasteiger partial charge in [-0.3, -0.25) is 0 Å². The Morgan fingerprint density at radius 1 is 1.44 bits per heavy atom. The first kappa shape index (κ1) is 12.0. The number of hydrogen-bond acceptors (Lipinski definition) is 4. The molecule has 0 spiro atoms. The quantitative estimate of drug-likeness (QED) is 0.779. The summed E-state index contributed by atoms with van der Waals surface area (Å²) < 4.78 is 0. The number of aromatic nitrogens is 2. The van der Waals surface area contributed by atoms with Crippen molar-refractivity contribution in [1.29, 1.82) is 5.26 Å². The van der Waals surface area contributed by atoms with Gasteiger partial charge in [0.05, 0.1) is 5.69 Å². The third-order valence-electron chi connectivity index (χ3n) is 2.37. The van der Waals surface area contributed by atoms with Crippen molar-refractivity contribution in [2.45, 2.75) is 33.2 Å². The molecule has 1 aromatic heterocycles. The van der Waals surface area contributed by atoms with Crippen LogP contribution in [0.2, 0.25) is 0 Å². The first-order valence-corrected chi connectivity index (χ1v) is 5.04. The topological polar surface area (TPSA) is 61.6 Å². The Hall–Kier alpha value is -2.07. The second kappa shape index (κ2) is 5.14. The zero-order chi connectivity index (χ0) is 12.1. The van der Waals surface area contributed by atoms with E-state index in [9.17, 15) is 0 Å². The molecule has 4 nitrogen and oxygen atoms in total. The van der Waals surface area contributed by atoms with Crippen molar-refractivity contribution in [1.82, 2.24) is 10.2 Å². The molecule has 1 N–H and O–H groups in total. The van der Waals surface area contributed by atoms with Gasteiger partial charge in [-0.2, -0.15) is 10.4 Å². The maximum Gasteiger partial charge on any atom is 0.167 e. The fourth-order valence-corrected chi connectivity index (χ4v) is 1.31. The minimum atomic E-state index is 0.0773. The molecule has 1 atom stereocenters. The summed E-state index contributed by atoms with van der Waals surface area (Å²) in [6.07, 6.45) is 5.80. The fraction of sp³-hybridized carbons (Fsp3) is 0.417. The van der Waals surface area contributed by atoms with Crippen LogP contribution in [0.4, 0.5) is 5.82 Å². The molecule has 4 heteroatoms. The monoisotopic (exact) mass is 214 g/mol. The average Bonchev–Trinajstić information content (AvgIpc) is 2.24. The summed E-state index contributed by atoms with van der Waals surface area (Å²) in [6, 6.07) is 2.21. The highest BCUT2D eigenvalue weighted by Gasteiger charge is 2.12. The van der Waals surface area contributed by atoms with Gasteiger partial charge in [-0.15, -0.1) is 17.4 Å². The zero-order valence-corrected chi connectivity index (χ0v) is 9.70. The Labute approximate surface area is 95.7 Å². The molecular formula is C12H14N4. The van der Waals surface area contributed by atoms with Crippen LogP contribution in [0, 0.1) is 37.5 Å². The lowest BCUT2D eigenvalue weighted by Crippen LogP contribution is -2.17. The Kier molecular flexibility index (Phi) is 3.85. The smallest absolute Gasteiger partial charge is 0.167 e. The summed E-state index contributed by atoms with van der Waals surface area (Å²) in [5, 5.41) is 20.1. The molecule has 0 aliphatic heterocycles. The van der Waals surface area contributed by atoms with Gasteiger partial charge < -0.3 is 5.32 Å². The highest BCUT2D eigenvalue weighted by molar-refractivity contribution is 5.56. The van der Waals surface area contributed by atoms with E-state index in [4.69, 9.17) is 11.7 Å². The highest BCUT2D eigenvalue weighted by Crippen LogP contribution is 2.18. The van der Waals surface area contributed by atoms with Gasteiger partial charge in [0.15, 0.2) is 5.82 Å². The van der Waals surface area contributed by atoms with E-state index in [0.29, 0.717) is 17.8 Å². The van der Waals surface area contributed by atoms with Crippen LogP contribution in [0.5, 0.6) is 0 Å². The van der Waals surface area contributed by atoms with E-state index in [-0.39, 0.29) is 6.04 Å². The molecular weight excluding hydrogens is 200 g/mol. The summed E-state index contributed by atoms with van der Waals surface area (Å²) in [4.78, 5) is 0. The Morgan fingerprint density at radius 3 is 2.69 bits per heavy atom. The first-order chi connectivity index (χ1) is 7.60. The predicted octanol–water partition coefficient (Wildman–Crippen LogP) is 1.79. The number of rotatable bonds is 3. The largest absolute Gasteiger partial charge is 0.364 e. The van der Waals surface area contributed by atoms with Gasteiger partial charge in [-0.1, -0.05) is 0 Å². The molecule has 1 heterocycles. The van der Waals surface area contributed by atoms with E-state index in [1.807, 2.05) is 20.8 Å². The van der Waals surface area contributed by atoms with Gasteiger partial charge in [-0.25, -0.2) is 0 Å². The molecule has 0 fully saturated rings. The van der Waals surface area contributed by atoms with Crippen LogP contribution >= 0.6 is 0 Å². The molecule has 0 radical (unpaired) electrons. The second-order valence-electron chi connectivity index (χ2n) is 3.70. The number of aryl methyl sites for hydroxylation is 1. The van der Waals surface area contributed by atoms with Gasteiger partial charge in [-0.05, 0) is 26.3 Å². The molecule has 1 unspecified atom stereocenters. The minimum absolute atomic E-state index is 0.0773. The van der Waals surface area contributed by atoms with Crippen LogP contribution in [0.15, 0.2) is 0 Å². The van der Waals surface area contributed by atoms with Crippen LogP contribution in [0.25, 0.3) is 0 Å². The third kappa shape index (κ3) is 2.49. The Morgan fingerprint density at radius 2 is 2.12 bits per heavy atom. The Balaban J connectivity index is 3.03. The number of terminal acetylenes is 1. The zero-order valence-electron chi connectivity index (χ0n) is 9.70. The number of hydrogen-bond donors (Lipinski definition) is 1. The van der Waals surface area contributed by atoms with Crippen LogP contribution in [0.1, 0.15) is 30.2 Å². The van der Waals surface area contributed by atoms with Gasteiger partial charge >= 0.3 is 0 Å². The molecule has 0 amide bonds. The SMILES string of the molecule is C#CCC(C)Nc1nnc(C)c(C)c1C#N.